The second-order valence-corrected chi connectivity index (χ2v) is 5.21. The minimum atomic E-state index is -0.815. The van der Waals surface area contributed by atoms with E-state index >= 15 is 0 Å². The second-order valence-electron chi connectivity index (χ2n) is 5.21. The van der Waals surface area contributed by atoms with Gasteiger partial charge in [0.2, 0.25) is 0 Å². The number of nitrogens with one attached hydrogen (secondary N) is 1. The van der Waals surface area contributed by atoms with Gasteiger partial charge in [0.1, 0.15) is 0 Å². The van der Waals surface area contributed by atoms with Crippen molar-refractivity contribution < 1.29 is 15.1 Å². The SMILES string of the molecule is CCCC(NC(C)(CO)CO)c1cccc([N+](=O)[O-])c1. The molecule has 0 aliphatic heterocycles. The van der Waals surface area contributed by atoms with Gasteiger partial charge in [0.15, 0.2) is 0 Å². The molecule has 1 aromatic rings. The molecule has 1 rings (SSSR count). The molecule has 6 nitrogen and oxygen atoms in total. The number of nitrogens with zero attached hydrogens (tertiary/aromatic N) is 1. The first-order valence-corrected chi connectivity index (χ1v) is 6.69. The van der Waals surface area contributed by atoms with Crippen molar-refractivity contribution in [2.45, 2.75) is 38.3 Å². The maximum absolute atomic E-state index is 10.8. The molecular formula is C14H22N2O4. The summed E-state index contributed by atoms with van der Waals surface area (Å²) >= 11 is 0. The number of hydrogen-bond donors (Lipinski definition) is 3. The van der Waals surface area contributed by atoms with Gasteiger partial charge < -0.3 is 15.5 Å². The van der Waals surface area contributed by atoms with Crippen molar-refractivity contribution in [1.82, 2.24) is 5.32 Å². The Morgan fingerprint density at radius 1 is 1.40 bits per heavy atom. The van der Waals surface area contributed by atoms with Crippen molar-refractivity contribution in [3.63, 3.8) is 0 Å². The number of nitro benzene ring substituents is 1. The number of aliphatic hydroxyl groups is 2. The molecule has 0 saturated heterocycles. The van der Waals surface area contributed by atoms with Crippen LogP contribution >= 0.6 is 0 Å². The van der Waals surface area contributed by atoms with E-state index in [0.29, 0.717) is 0 Å². The third kappa shape index (κ3) is 4.26. The summed E-state index contributed by atoms with van der Waals surface area (Å²) in [6, 6.07) is 6.29. The molecular weight excluding hydrogens is 260 g/mol. The van der Waals surface area contributed by atoms with Crippen LogP contribution in [0.25, 0.3) is 0 Å². The predicted octanol–water partition coefficient (Wildman–Crippen LogP) is 1.77. The van der Waals surface area contributed by atoms with Crippen LogP contribution in [0, 0.1) is 10.1 Å². The van der Waals surface area contributed by atoms with Gasteiger partial charge >= 0.3 is 0 Å². The lowest BCUT2D eigenvalue weighted by atomic mass is 9.96. The van der Waals surface area contributed by atoms with Gasteiger partial charge in [0.05, 0.1) is 23.7 Å². The van der Waals surface area contributed by atoms with Crippen LogP contribution in [-0.4, -0.2) is 33.9 Å². The van der Waals surface area contributed by atoms with E-state index in [1.54, 1.807) is 13.0 Å². The smallest absolute Gasteiger partial charge is 0.269 e. The molecule has 0 aliphatic carbocycles. The summed E-state index contributed by atoms with van der Waals surface area (Å²) in [7, 11) is 0. The van der Waals surface area contributed by atoms with Crippen molar-refractivity contribution in [2.24, 2.45) is 0 Å². The quantitative estimate of drug-likeness (QED) is 0.499. The van der Waals surface area contributed by atoms with E-state index in [4.69, 9.17) is 0 Å². The van der Waals surface area contributed by atoms with E-state index in [0.717, 1.165) is 18.4 Å². The third-order valence-corrected chi connectivity index (χ3v) is 3.28. The Balaban J connectivity index is 3.01. The fourth-order valence-electron chi connectivity index (χ4n) is 2.03. The molecule has 1 aromatic carbocycles. The van der Waals surface area contributed by atoms with Gasteiger partial charge in [-0.1, -0.05) is 25.5 Å². The average Bonchev–Trinajstić information content (AvgIpc) is 2.46. The van der Waals surface area contributed by atoms with Crippen molar-refractivity contribution in [1.29, 1.82) is 0 Å². The zero-order valence-corrected chi connectivity index (χ0v) is 11.9. The number of rotatable bonds is 8. The van der Waals surface area contributed by atoms with Crippen LogP contribution < -0.4 is 5.32 Å². The van der Waals surface area contributed by atoms with Crippen LogP contribution in [-0.2, 0) is 0 Å². The van der Waals surface area contributed by atoms with Gasteiger partial charge in [0.25, 0.3) is 5.69 Å². The lowest BCUT2D eigenvalue weighted by Gasteiger charge is -2.32. The summed E-state index contributed by atoms with van der Waals surface area (Å²) in [6.45, 7) is 3.31. The highest BCUT2D eigenvalue weighted by Gasteiger charge is 2.26. The summed E-state index contributed by atoms with van der Waals surface area (Å²) in [5, 5.41) is 32.7. The van der Waals surface area contributed by atoms with Gasteiger partial charge in [-0.05, 0) is 18.9 Å². The Morgan fingerprint density at radius 2 is 2.05 bits per heavy atom. The first-order valence-electron chi connectivity index (χ1n) is 6.69. The minimum Gasteiger partial charge on any atom is -0.394 e. The molecule has 20 heavy (non-hydrogen) atoms. The lowest BCUT2D eigenvalue weighted by Crippen LogP contribution is -2.50. The molecule has 0 radical (unpaired) electrons. The molecule has 1 atom stereocenters. The highest BCUT2D eigenvalue weighted by molar-refractivity contribution is 5.36. The van der Waals surface area contributed by atoms with E-state index in [9.17, 15) is 20.3 Å². The Morgan fingerprint density at radius 3 is 2.55 bits per heavy atom. The van der Waals surface area contributed by atoms with Crippen molar-refractivity contribution >= 4 is 5.69 Å². The molecule has 0 spiro atoms. The van der Waals surface area contributed by atoms with Gasteiger partial charge in [0, 0.05) is 18.2 Å². The van der Waals surface area contributed by atoms with Crippen LogP contribution in [0.5, 0.6) is 0 Å². The standard InChI is InChI=1S/C14H22N2O4/c1-3-5-13(15-14(2,9-17)10-18)11-6-4-7-12(8-11)16(19)20/h4,6-8,13,15,17-18H,3,5,9-10H2,1-2H3. The van der Waals surface area contributed by atoms with Crippen LogP contribution in [0.1, 0.15) is 38.3 Å². The normalized spacial score (nSPS) is 13.2. The van der Waals surface area contributed by atoms with E-state index in [1.165, 1.54) is 12.1 Å². The molecule has 0 heterocycles. The van der Waals surface area contributed by atoms with Crippen molar-refractivity contribution in [3.8, 4) is 0 Å². The Bertz CT molecular complexity index is 447. The fraction of sp³-hybridized carbons (Fsp3) is 0.571. The molecule has 0 amide bonds. The fourth-order valence-corrected chi connectivity index (χ4v) is 2.03. The molecule has 0 bridgehead atoms. The number of aliphatic hydroxyl groups excluding tert-OH is 2. The molecule has 112 valence electrons. The summed E-state index contributed by atoms with van der Waals surface area (Å²) in [5.74, 6) is 0. The van der Waals surface area contributed by atoms with Gasteiger partial charge in [-0.25, -0.2) is 0 Å². The third-order valence-electron chi connectivity index (χ3n) is 3.28. The first-order chi connectivity index (χ1) is 9.45. The molecule has 1 unspecified atom stereocenters. The summed E-state index contributed by atoms with van der Waals surface area (Å²) in [5.41, 5.74) is 0.0130. The second kappa shape index (κ2) is 7.33. The summed E-state index contributed by atoms with van der Waals surface area (Å²) in [6.07, 6.45) is 1.64. The molecule has 0 saturated carbocycles. The number of benzene rings is 1. The van der Waals surface area contributed by atoms with Crippen molar-refractivity contribution in [2.75, 3.05) is 13.2 Å². The Labute approximate surface area is 118 Å². The number of nitro groups is 1. The van der Waals surface area contributed by atoms with Crippen LogP contribution in [0.2, 0.25) is 0 Å². The zero-order chi connectivity index (χ0) is 15.2. The number of hydrogen-bond acceptors (Lipinski definition) is 5. The van der Waals surface area contributed by atoms with Crippen molar-refractivity contribution in [3.05, 3.63) is 39.9 Å². The average molecular weight is 282 g/mol. The van der Waals surface area contributed by atoms with Crippen LogP contribution in [0.15, 0.2) is 24.3 Å². The Kier molecular flexibility index (Phi) is 6.06. The minimum absolute atomic E-state index is 0.0418. The maximum atomic E-state index is 10.8. The summed E-state index contributed by atoms with van der Waals surface area (Å²) in [4.78, 5) is 10.4. The van der Waals surface area contributed by atoms with Gasteiger partial charge in [-0.15, -0.1) is 0 Å². The first kappa shape index (κ1) is 16.6. The van der Waals surface area contributed by atoms with E-state index in [-0.39, 0.29) is 24.9 Å². The molecule has 0 fully saturated rings. The van der Waals surface area contributed by atoms with E-state index in [2.05, 4.69) is 5.32 Å². The predicted molar refractivity (Wildman–Crippen MR) is 76.5 cm³/mol. The highest BCUT2D eigenvalue weighted by atomic mass is 16.6. The number of non-ortho nitro benzene ring substituents is 1. The molecule has 0 aromatic heterocycles. The topological polar surface area (TPSA) is 95.6 Å². The van der Waals surface area contributed by atoms with Crippen LogP contribution in [0.4, 0.5) is 5.69 Å². The Hall–Kier alpha value is -1.50. The van der Waals surface area contributed by atoms with Gasteiger partial charge in [-0.3, -0.25) is 10.1 Å². The maximum Gasteiger partial charge on any atom is 0.269 e. The zero-order valence-electron chi connectivity index (χ0n) is 11.9. The van der Waals surface area contributed by atoms with E-state index in [1.807, 2.05) is 13.0 Å². The van der Waals surface area contributed by atoms with Crippen LogP contribution in [0.3, 0.4) is 0 Å². The van der Waals surface area contributed by atoms with E-state index < -0.39 is 10.5 Å². The summed E-state index contributed by atoms with van der Waals surface area (Å²) < 4.78 is 0. The molecule has 3 N–H and O–H groups in total. The molecule has 0 aliphatic rings. The monoisotopic (exact) mass is 282 g/mol. The lowest BCUT2D eigenvalue weighted by molar-refractivity contribution is -0.384. The molecule has 6 heteroatoms. The highest BCUT2D eigenvalue weighted by Crippen LogP contribution is 2.25. The van der Waals surface area contributed by atoms with Gasteiger partial charge in [-0.2, -0.15) is 0 Å². The largest absolute Gasteiger partial charge is 0.394 e.